The van der Waals surface area contributed by atoms with Crippen LogP contribution in [0.15, 0.2) is 4.73 Å². The second-order valence-corrected chi connectivity index (χ2v) is 4.12. The van der Waals surface area contributed by atoms with Gasteiger partial charge in [-0.3, -0.25) is 0 Å². The number of hydrogen-bond acceptors (Lipinski definition) is 2. The van der Waals surface area contributed by atoms with E-state index in [1.807, 2.05) is 7.05 Å². The molecule has 1 aliphatic heterocycles. The van der Waals surface area contributed by atoms with E-state index < -0.39 is 0 Å². The third kappa shape index (κ3) is 1.65. The molecule has 2 rings (SSSR count). The third-order valence-corrected chi connectivity index (χ3v) is 3.10. The normalized spacial score (nSPS) is 15.8. The molecule has 0 aromatic carbocycles. The van der Waals surface area contributed by atoms with Crippen molar-refractivity contribution in [2.45, 2.75) is 32.4 Å². The van der Waals surface area contributed by atoms with Crippen LogP contribution in [0, 0.1) is 0 Å². The van der Waals surface area contributed by atoms with Crippen LogP contribution in [0.4, 0.5) is 0 Å². The number of rotatable bonds is 2. The second kappa shape index (κ2) is 3.80. The summed E-state index contributed by atoms with van der Waals surface area (Å²) in [7, 11) is 1.96. The molecule has 2 heterocycles. The monoisotopic (exact) mass is 243 g/mol. The number of nitrogens with one attached hydrogen (secondary N) is 1. The van der Waals surface area contributed by atoms with E-state index in [0.717, 1.165) is 17.8 Å². The molecule has 13 heavy (non-hydrogen) atoms. The Kier molecular flexibility index (Phi) is 2.69. The Morgan fingerprint density at radius 1 is 1.54 bits per heavy atom. The van der Waals surface area contributed by atoms with E-state index in [-0.39, 0.29) is 0 Å². The fourth-order valence-electron chi connectivity index (χ4n) is 1.88. The number of halogens is 1. The van der Waals surface area contributed by atoms with Gasteiger partial charge in [-0.05, 0) is 42.2 Å². The molecule has 72 valence electrons. The van der Waals surface area contributed by atoms with Gasteiger partial charge in [-0.1, -0.05) is 0 Å². The molecule has 0 fully saturated rings. The third-order valence-electron chi connectivity index (χ3n) is 2.50. The van der Waals surface area contributed by atoms with Crippen molar-refractivity contribution in [2.24, 2.45) is 0 Å². The lowest BCUT2D eigenvalue weighted by atomic mass is 10.1. The first kappa shape index (κ1) is 9.21. The predicted molar refractivity (Wildman–Crippen MR) is 55.6 cm³/mol. The minimum absolute atomic E-state index is 0.876. The van der Waals surface area contributed by atoms with E-state index >= 15 is 0 Å². The van der Waals surface area contributed by atoms with Crippen LogP contribution in [0.2, 0.25) is 0 Å². The molecule has 0 saturated carbocycles. The first-order valence-electron chi connectivity index (χ1n) is 4.71. The van der Waals surface area contributed by atoms with Crippen molar-refractivity contribution in [3.8, 4) is 0 Å². The molecule has 0 amide bonds. The van der Waals surface area contributed by atoms with E-state index in [1.54, 1.807) is 0 Å². The summed E-state index contributed by atoms with van der Waals surface area (Å²) in [6.45, 7) is 1.99. The maximum Gasteiger partial charge on any atom is 0.177 e. The Morgan fingerprint density at radius 3 is 3.15 bits per heavy atom. The average molecular weight is 244 g/mol. The van der Waals surface area contributed by atoms with Crippen molar-refractivity contribution in [2.75, 3.05) is 7.05 Å². The number of nitrogens with zero attached hydrogens (tertiary/aromatic N) is 2. The van der Waals surface area contributed by atoms with Crippen molar-refractivity contribution in [1.29, 1.82) is 0 Å². The van der Waals surface area contributed by atoms with Gasteiger partial charge in [0.15, 0.2) is 4.73 Å². The van der Waals surface area contributed by atoms with Crippen LogP contribution in [0.25, 0.3) is 0 Å². The van der Waals surface area contributed by atoms with Gasteiger partial charge in [0.1, 0.15) is 0 Å². The largest absolute Gasteiger partial charge is 0.322 e. The van der Waals surface area contributed by atoms with Gasteiger partial charge in [0, 0.05) is 18.8 Å². The highest BCUT2D eigenvalue weighted by Gasteiger charge is 2.17. The fourth-order valence-corrected chi connectivity index (χ4v) is 2.49. The maximum absolute atomic E-state index is 4.50. The summed E-state index contributed by atoms with van der Waals surface area (Å²) in [5, 5.41) is 3.15. The first-order chi connectivity index (χ1) is 6.33. The molecule has 0 spiro atoms. The topological polar surface area (TPSA) is 29.9 Å². The van der Waals surface area contributed by atoms with Crippen LogP contribution in [0.1, 0.15) is 24.2 Å². The molecule has 0 atom stereocenters. The summed E-state index contributed by atoms with van der Waals surface area (Å²) in [5.41, 5.74) is 2.61. The lowest BCUT2D eigenvalue weighted by Crippen LogP contribution is -2.13. The van der Waals surface area contributed by atoms with Gasteiger partial charge >= 0.3 is 0 Å². The molecule has 0 unspecified atom stereocenters. The lowest BCUT2D eigenvalue weighted by Gasteiger charge is -2.15. The maximum atomic E-state index is 4.50. The molecule has 0 radical (unpaired) electrons. The van der Waals surface area contributed by atoms with Gasteiger partial charge in [0.05, 0.1) is 5.69 Å². The summed E-state index contributed by atoms with van der Waals surface area (Å²) in [6, 6.07) is 0. The zero-order valence-electron chi connectivity index (χ0n) is 7.81. The first-order valence-corrected chi connectivity index (χ1v) is 5.50. The molecule has 4 heteroatoms. The molecule has 0 aliphatic carbocycles. The standard InChI is InChI=1S/C9H14BrN3/c1-11-6-7-8-4-2-3-5-13(8)9(10)12-7/h11H,2-6H2,1H3. The Morgan fingerprint density at radius 2 is 2.38 bits per heavy atom. The molecule has 0 saturated heterocycles. The van der Waals surface area contributed by atoms with Gasteiger partial charge in [-0.2, -0.15) is 0 Å². The van der Waals surface area contributed by atoms with Gasteiger partial charge < -0.3 is 9.88 Å². The van der Waals surface area contributed by atoms with Crippen molar-refractivity contribution in [1.82, 2.24) is 14.9 Å². The molecule has 1 aromatic heterocycles. The van der Waals surface area contributed by atoms with Crippen LogP contribution < -0.4 is 5.32 Å². The quantitative estimate of drug-likeness (QED) is 0.858. The number of fused-ring (bicyclic) bond motifs is 1. The smallest absolute Gasteiger partial charge is 0.177 e. The number of aromatic nitrogens is 2. The van der Waals surface area contributed by atoms with E-state index in [9.17, 15) is 0 Å². The highest BCUT2D eigenvalue weighted by molar-refractivity contribution is 9.10. The zero-order valence-corrected chi connectivity index (χ0v) is 9.39. The summed E-state index contributed by atoms with van der Waals surface area (Å²) >= 11 is 3.50. The van der Waals surface area contributed by atoms with Crippen molar-refractivity contribution in [3.05, 3.63) is 16.1 Å². The van der Waals surface area contributed by atoms with E-state index in [2.05, 4.69) is 30.8 Å². The van der Waals surface area contributed by atoms with Gasteiger partial charge in [-0.25, -0.2) is 4.98 Å². The van der Waals surface area contributed by atoms with Crippen molar-refractivity contribution >= 4 is 15.9 Å². The Balaban J connectivity index is 2.36. The highest BCUT2D eigenvalue weighted by Crippen LogP contribution is 2.23. The SMILES string of the molecule is CNCc1nc(Br)n2c1CCCC2. The Labute approximate surface area is 86.7 Å². The highest BCUT2D eigenvalue weighted by atomic mass is 79.9. The number of imidazole rings is 1. The van der Waals surface area contributed by atoms with Crippen LogP contribution >= 0.6 is 15.9 Å². The molecule has 1 N–H and O–H groups in total. The molecule has 1 aliphatic rings. The summed E-state index contributed by atoms with van der Waals surface area (Å²) in [6.07, 6.45) is 3.76. The summed E-state index contributed by atoms with van der Waals surface area (Å²) in [5.74, 6) is 0. The fraction of sp³-hybridized carbons (Fsp3) is 0.667. The lowest BCUT2D eigenvalue weighted by molar-refractivity contribution is 0.520. The molecular weight excluding hydrogens is 230 g/mol. The molecule has 3 nitrogen and oxygen atoms in total. The number of hydrogen-bond donors (Lipinski definition) is 1. The van der Waals surface area contributed by atoms with E-state index in [4.69, 9.17) is 0 Å². The van der Waals surface area contributed by atoms with Crippen LogP contribution in [0.5, 0.6) is 0 Å². The van der Waals surface area contributed by atoms with Gasteiger partial charge in [0.2, 0.25) is 0 Å². The zero-order chi connectivity index (χ0) is 9.26. The van der Waals surface area contributed by atoms with Crippen LogP contribution in [-0.4, -0.2) is 16.6 Å². The van der Waals surface area contributed by atoms with Gasteiger partial charge in [0.25, 0.3) is 0 Å². The average Bonchev–Trinajstić information content (AvgIpc) is 2.46. The molecular formula is C9H14BrN3. The second-order valence-electron chi connectivity index (χ2n) is 3.41. The predicted octanol–water partition coefficient (Wildman–Crippen LogP) is 1.70. The van der Waals surface area contributed by atoms with Crippen molar-refractivity contribution < 1.29 is 0 Å². The minimum atomic E-state index is 0.876. The molecule has 0 bridgehead atoms. The Hall–Kier alpha value is -0.350. The van der Waals surface area contributed by atoms with Gasteiger partial charge in [-0.15, -0.1) is 0 Å². The minimum Gasteiger partial charge on any atom is -0.322 e. The van der Waals surface area contributed by atoms with E-state index in [1.165, 1.54) is 30.7 Å². The summed E-state index contributed by atoms with van der Waals surface area (Å²) < 4.78 is 3.28. The van der Waals surface area contributed by atoms with Crippen LogP contribution in [-0.2, 0) is 19.5 Å². The van der Waals surface area contributed by atoms with Crippen LogP contribution in [0.3, 0.4) is 0 Å². The summed E-state index contributed by atoms with van der Waals surface area (Å²) in [4.78, 5) is 4.50. The van der Waals surface area contributed by atoms with E-state index in [0.29, 0.717) is 0 Å². The Bertz CT molecular complexity index is 306. The molecule has 1 aromatic rings. The van der Waals surface area contributed by atoms with Crippen molar-refractivity contribution in [3.63, 3.8) is 0 Å².